The number of fused-ring (bicyclic) bond motifs is 1. The number of H-pyrrole nitrogens is 1. The molecule has 0 aliphatic rings. The van der Waals surface area contributed by atoms with Crippen LogP contribution >= 0.6 is 0 Å². The van der Waals surface area contributed by atoms with E-state index < -0.39 is 0 Å². The first-order valence-electron chi connectivity index (χ1n) is 6.62. The lowest BCUT2D eigenvalue weighted by Gasteiger charge is -2.17. The highest BCUT2D eigenvalue weighted by Crippen LogP contribution is 2.21. The summed E-state index contributed by atoms with van der Waals surface area (Å²) in [5.41, 5.74) is 2.90. The van der Waals surface area contributed by atoms with Crippen LogP contribution in [0, 0.1) is 0 Å². The molecule has 0 aliphatic heterocycles. The van der Waals surface area contributed by atoms with Crippen LogP contribution in [0.25, 0.3) is 10.9 Å². The zero-order valence-electron chi connectivity index (χ0n) is 11.9. The Bertz CT molecular complexity index is 718. The molecule has 0 spiro atoms. The maximum absolute atomic E-state index is 4.19. The molecule has 0 saturated carbocycles. The van der Waals surface area contributed by atoms with Crippen LogP contribution in [-0.4, -0.2) is 25.2 Å². The summed E-state index contributed by atoms with van der Waals surface area (Å²) >= 11 is 0. The lowest BCUT2D eigenvalue weighted by molar-refractivity contribution is 0.347. The first-order valence-corrected chi connectivity index (χ1v) is 6.62. The van der Waals surface area contributed by atoms with Crippen LogP contribution in [0.5, 0.6) is 0 Å². The first kappa shape index (κ1) is 12.7. The SMILES string of the molecule is CC(C)(C)n1cc(CNc2cccc3cn[nH]c23)nn1. The van der Waals surface area contributed by atoms with Gasteiger partial charge in [0.15, 0.2) is 0 Å². The molecular weight excluding hydrogens is 252 g/mol. The van der Waals surface area contributed by atoms with Gasteiger partial charge >= 0.3 is 0 Å². The molecule has 2 N–H and O–H groups in total. The number of para-hydroxylation sites is 1. The summed E-state index contributed by atoms with van der Waals surface area (Å²) in [5.74, 6) is 0. The molecule has 0 fully saturated rings. The van der Waals surface area contributed by atoms with E-state index in [-0.39, 0.29) is 5.54 Å². The summed E-state index contributed by atoms with van der Waals surface area (Å²) in [5, 5.41) is 19.9. The van der Waals surface area contributed by atoms with E-state index in [1.807, 2.05) is 35.3 Å². The fourth-order valence-corrected chi connectivity index (χ4v) is 2.01. The predicted octanol–water partition coefficient (Wildman–Crippen LogP) is 2.52. The normalized spacial score (nSPS) is 11.9. The van der Waals surface area contributed by atoms with Gasteiger partial charge in [-0.1, -0.05) is 17.3 Å². The smallest absolute Gasteiger partial charge is 0.102 e. The molecule has 0 atom stereocenters. The van der Waals surface area contributed by atoms with Gasteiger partial charge in [0, 0.05) is 5.39 Å². The lowest BCUT2D eigenvalue weighted by atomic mass is 10.1. The van der Waals surface area contributed by atoms with Crippen LogP contribution in [0.15, 0.2) is 30.6 Å². The summed E-state index contributed by atoms with van der Waals surface area (Å²) in [4.78, 5) is 0. The first-order chi connectivity index (χ1) is 9.54. The lowest BCUT2D eigenvalue weighted by Crippen LogP contribution is -2.22. The van der Waals surface area contributed by atoms with Gasteiger partial charge in [-0.15, -0.1) is 5.10 Å². The Morgan fingerprint density at radius 3 is 2.90 bits per heavy atom. The highest BCUT2D eigenvalue weighted by Gasteiger charge is 2.15. The van der Waals surface area contributed by atoms with E-state index >= 15 is 0 Å². The molecule has 104 valence electrons. The van der Waals surface area contributed by atoms with Gasteiger partial charge in [0.1, 0.15) is 5.69 Å². The second-order valence-corrected chi connectivity index (χ2v) is 5.82. The van der Waals surface area contributed by atoms with Crippen molar-refractivity contribution < 1.29 is 0 Å². The fraction of sp³-hybridized carbons (Fsp3) is 0.357. The number of hydrogen-bond acceptors (Lipinski definition) is 4. The zero-order chi connectivity index (χ0) is 14.2. The second kappa shape index (κ2) is 4.63. The Morgan fingerprint density at radius 2 is 2.15 bits per heavy atom. The minimum atomic E-state index is -0.0470. The van der Waals surface area contributed by atoms with Gasteiger partial charge in [-0.2, -0.15) is 5.10 Å². The number of hydrogen-bond donors (Lipinski definition) is 2. The van der Waals surface area contributed by atoms with Crippen molar-refractivity contribution in [2.24, 2.45) is 0 Å². The quantitative estimate of drug-likeness (QED) is 0.767. The summed E-state index contributed by atoms with van der Waals surface area (Å²) in [6, 6.07) is 6.06. The zero-order valence-corrected chi connectivity index (χ0v) is 11.9. The molecular formula is C14H18N6. The fourth-order valence-electron chi connectivity index (χ4n) is 2.01. The number of benzene rings is 1. The maximum atomic E-state index is 4.19. The van der Waals surface area contributed by atoms with Gasteiger partial charge in [-0.05, 0) is 26.8 Å². The van der Waals surface area contributed by atoms with Crippen molar-refractivity contribution in [3.05, 3.63) is 36.3 Å². The summed E-state index contributed by atoms with van der Waals surface area (Å²) < 4.78 is 1.88. The molecule has 0 amide bonds. The largest absolute Gasteiger partial charge is 0.378 e. The van der Waals surface area contributed by atoms with Gasteiger partial charge in [0.25, 0.3) is 0 Å². The van der Waals surface area contributed by atoms with Gasteiger partial charge in [-0.25, -0.2) is 4.68 Å². The monoisotopic (exact) mass is 270 g/mol. The van der Waals surface area contributed by atoms with Crippen molar-refractivity contribution >= 4 is 16.6 Å². The predicted molar refractivity (Wildman–Crippen MR) is 78.4 cm³/mol. The molecule has 0 radical (unpaired) electrons. The van der Waals surface area contributed by atoms with Crippen molar-refractivity contribution in [2.75, 3.05) is 5.32 Å². The molecule has 6 heteroatoms. The van der Waals surface area contributed by atoms with E-state index in [0.29, 0.717) is 6.54 Å². The molecule has 6 nitrogen and oxygen atoms in total. The Hall–Kier alpha value is -2.37. The van der Waals surface area contributed by atoms with Crippen LogP contribution in [0.1, 0.15) is 26.5 Å². The van der Waals surface area contributed by atoms with Gasteiger partial charge < -0.3 is 5.32 Å². The van der Waals surface area contributed by atoms with Crippen LogP contribution in [0.2, 0.25) is 0 Å². The average molecular weight is 270 g/mol. The Morgan fingerprint density at radius 1 is 1.30 bits per heavy atom. The summed E-state index contributed by atoms with van der Waals surface area (Å²) in [6.07, 6.45) is 3.79. The summed E-state index contributed by atoms with van der Waals surface area (Å²) in [6.45, 7) is 6.94. The number of nitrogens with zero attached hydrogens (tertiary/aromatic N) is 4. The van der Waals surface area contributed by atoms with E-state index in [2.05, 4.69) is 46.6 Å². The molecule has 3 aromatic rings. The van der Waals surface area contributed by atoms with Crippen molar-refractivity contribution in [3.63, 3.8) is 0 Å². The van der Waals surface area contributed by atoms with Crippen LogP contribution in [0.4, 0.5) is 5.69 Å². The second-order valence-electron chi connectivity index (χ2n) is 5.82. The Kier molecular flexibility index (Phi) is 2.93. The van der Waals surface area contributed by atoms with Crippen molar-refractivity contribution in [1.29, 1.82) is 0 Å². The Labute approximate surface area is 117 Å². The highest BCUT2D eigenvalue weighted by atomic mass is 15.4. The van der Waals surface area contributed by atoms with E-state index in [0.717, 1.165) is 22.3 Å². The maximum Gasteiger partial charge on any atom is 0.102 e. The van der Waals surface area contributed by atoms with Gasteiger partial charge in [0.2, 0.25) is 0 Å². The topological polar surface area (TPSA) is 71.4 Å². The molecule has 0 unspecified atom stereocenters. The highest BCUT2D eigenvalue weighted by molar-refractivity contribution is 5.89. The van der Waals surface area contributed by atoms with Gasteiger partial charge in [-0.3, -0.25) is 5.10 Å². The van der Waals surface area contributed by atoms with Crippen molar-refractivity contribution in [1.82, 2.24) is 25.2 Å². The molecule has 2 aromatic heterocycles. The van der Waals surface area contributed by atoms with Gasteiger partial charge in [0.05, 0.1) is 35.7 Å². The number of aromatic nitrogens is 5. The third kappa shape index (κ3) is 2.36. The molecule has 1 aromatic carbocycles. The van der Waals surface area contributed by atoms with E-state index in [9.17, 15) is 0 Å². The molecule has 2 heterocycles. The van der Waals surface area contributed by atoms with Crippen LogP contribution in [0.3, 0.4) is 0 Å². The molecule has 0 saturated heterocycles. The molecule has 0 aliphatic carbocycles. The van der Waals surface area contributed by atoms with Crippen LogP contribution < -0.4 is 5.32 Å². The number of nitrogens with one attached hydrogen (secondary N) is 2. The van der Waals surface area contributed by atoms with E-state index in [1.165, 1.54) is 0 Å². The minimum absolute atomic E-state index is 0.0470. The number of anilines is 1. The molecule has 0 bridgehead atoms. The van der Waals surface area contributed by atoms with E-state index in [4.69, 9.17) is 0 Å². The van der Waals surface area contributed by atoms with Crippen molar-refractivity contribution in [3.8, 4) is 0 Å². The third-order valence-corrected chi connectivity index (χ3v) is 3.16. The number of aromatic amines is 1. The molecule has 3 rings (SSSR count). The van der Waals surface area contributed by atoms with Crippen molar-refractivity contribution in [2.45, 2.75) is 32.9 Å². The number of rotatable bonds is 3. The Balaban J connectivity index is 1.76. The standard InChI is InChI=1S/C14H18N6/c1-14(2,3)20-9-11(17-19-20)8-15-12-6-4-5-10-7-16-18-13(10)12/h4-7,9,15H,8H2,1-3H3,(H,16,18). The minimum Gasteiger partial charge on any atom is -0.378 e. The van der Waals surface area contributed by atoms with E-state index in [1.54, 1.807) is 0 Å². The third-order valence-electron chi connectivity index (χ3n) is 3.16. The molecule has 20 heavy (non-hydrogen) atoms. The summed E-state index contributed by atoms with van der Waals surface area (Å²) in [7, 11) is 0. The average Bonchev–Trinajstić information content (AvgIpc) is 3.04. The van der Waals surface area contributed by atoms with Crippen LogP contribution in [-0.2, 0) is 12.1 Å².